The predicted molar refractivity (Wildman–Crippen MR) is 200 cm³/mol. The minimum Gasteiger partial charge on any atom is -0.208 e. The second-order valence-corrected chi connectivity index (χ2v) is 11.0. The molecule has 0 atom stereocenters. The number of fused-ring (bicyclic) bond motifs is 4. The van der Waals surface area contributed by atoms with E-state index in [9.17, 15) is 1.37 Å². The van der Waals surface area contributed by atoms with Gasteiger partial charge in [-0.3, -0.25) is 0 Å². The average molecular weight is 626 g/mol. The van der Waals surface area contributed by atoms with Crippen molar-refractivity contribution in [1.29, 1.82) is 0 Å². The fourth-order valence-corrected chi connectivity index (χ4v) is 5.88. The maximum atomic E-state index is 9.50. The van der Waals surface area contributed by atoms with E-state index in [-0.39, 0.29) is 32.9 Å². The van der Waals surface area contributed by atoms with Crippen molar-refractivity contribution in [1.82, 2.24) is 15.0 Å². The van der Waals surface area contributed by atoms with Crippen molar-refractivity contribution in [3.05, 3.63) is 176 Å². The van der Waals surface area contributed by atoms with Gasteiger partial charge in [0.25, 0.3) is 0 Å². The molecule has 3 nitrogen and oxygen atoms in total. The highest BCUT2D eigenvalue weighted by Gasteiger charge is 2.16. The van der Waals surface area contributed by atoms with Gasteiger partial charge in [-0.1, -0.05) is 163 Å². The summed E-state index contributed by atoms with van der Waals surface area (Å²) >= 11 is 0. The molecule has 0 aliphatic carbocycles. The van der Waals surface area contributed by atoms with Crippen LogP contribution in [0.15, 0.2) is 176 Å². The van der Waals surface area contributed by atoms with E-state index in [1.165, 1.54) is 0 Å². The Morgan fingerprint density at radius 3 is 1.83 bits per heavy atom. The third-order valence-corrected chi connectivity index (χ3v) is 8.15. The van der Waals surface area contributed by atoms with E-state index in [0.29, 0.717) is 5.56 Å². The van der Waals surface area contributed by atoms with Crippen molar-refractivity contribution >= 4 is 32.3 Å². The van der Waals surface area contributed by atoms with Crippen LogP contribution in [-0.2, 0) is 0 Å². The second-order valence-electron chi connectivity index (χ2n) is 11.0. The van der Waals surface area contributed by atoms with E-state index in [0.717, 1.165) is 33.0 Å². The molecule has 0 radical (unpaired) electrons. The van der Waals surface area contributed by atoms with Gasteiger partial charge in [-0.25, -0.2) is 15.0 Å². The molecule has 0 spiro atoms. The van der Waals surface area contributed by atoms with Gasteiger partial charge in [-0.15, -0.1) is 0 Å². The van der Waals surface area contributed by atoms with Crippen LogP contribution in [0.1, 0.15) is 19.2 Å². The minimum absolute atomic E-state index is 0.0884. The van der Waals surface area contributed by atoms with Crippen molar-refractivity contribution < 1.29 is 19.2 Å². The number of nitrogens with zero attached hydrogens (tertiary/aromatic N) is 3. The molecule has 0 fully saturated rings. The molecule has 224 valence electrons. The van der Waals surface area contributed by atoms with E-state index in [1.54, 1.807) is 18.2 Å². The molecule has 0 unspecified atom stereocenters. The fourth-order valence-electron chi connectivity index (χ4n) is 5.88. The second kappa shape index (κ2) is 11.7. The van der Waals surface area contributed by atoms with Crippen molar-refractivity contribution in [2.24, 2.45) is 0 Å². The molecule has 9 rings (SSSR count). The predicted octanol–water partition coefficient (Wildman–Crippen LogP) is 11.7. The zero-order valence-electron chi connectivity index (χ0n) is 39.0. The Labute approximate surface area is 298 Å². The molecular formula is C45H29N3. The Morgan fingerprint density at radius 1 is 0.354 bits per heavy atom. The summed E-state index contributed by atoms with van der Waals surface area (Å²) in [6.07, 6.45) is 0. The zero-order chi connectivity index (χ0) is 44.0. The summed E-state index contributed by atoms with van der Waals surface area (Å²) in [5.74, 6) is -0.902. The van der Waals surface area contributed by atoms with Crippen LogP contribution in [0.2, 0.25) is 0 Å². The quantitative estimate of drug-likeness (QED) is 0.179. The van der Waals surface area contributed by atoms with Crippen LogP contribution in [0.3, 0.4) is 0 Å². The molecule has 0 N–H and O–H groups in total. The van der Waals surface area contributed by atoms with Gasteiger partial charge in [-0.05, 0) is 66.7 Å². The van der Waals surface area contributed by atoms with Crippen molar-refractivity contribution in [2.45, 2.75) is 0 Å². The molecule has 1 aromatic heterocycles. The molecule has 3 heteroatoms. The lowest BCUT2D eigenvalue weighted by atomic mass is 9.95. The van der Waals surface area contributed by atoms with Crippen molar-refractivity contribution in [3.63, 3.8) is 0 Å². The summed E-state index contributed by atoms with van der Waals surface area (Å²) in [7, 11) is 0. The Kier molecular flexibility index (Phi) is 4.13. The van der Waals surface area contributed by atoms with Crippen LogP contribution in [0, 0.1) is 0 Å². The summed E-state index contributed by atoms with van der Waals surface area (Å²) in [5, 5.41) is 0.943. The van der Waals surface area contributed by atoms with Gasteiger partial charge in [0, 0.05) is 16.7 Å². The standard InChI is InChI=1S/C45H29N3/c1-2-13-33(14-3-1)43-46-44(48-45(47-43)42-29-35-15-5-7-20-39(35)40-21-8-9-22-41(40)42)36-18-10-17-34(28-36)30-24-26-32(27-25-30)38-23-11-16-31-12-4-6-19-37(31)38/h1-29H/i1D,2D,3D,5D,7D,8D,9D,13D,14D,15D,20D,21D,22D,29D. The van der Waals surface area contributed by atoms with E-state index in [2.05, 4.69) is 34.2 Å². The molecule has 0 amide bonds. The molecule has 1 heterocycles. The summed E-state index contributed by atoms with van der Waals surface area (Å²) in [5.41, 5.74) is 3.26. The lowest BCUT2D eigenvalue weighted by molar-refractivity contribution is 1.08. The van der Waals surface area contributed by atoms with E-state index in [4.69, 9.17) is 22.8 Å². The molecule has 0 saturated heterocycles. The van der Waals surface area contributed by atoms with E-state index >= 15 is 0 Å². The summed E-state index contributed by atoms with van der Waals surface area (Å²) < 4.78 is 122. The third kappa shape index (κ3) is 4.99. The molecule has 0 bridgehead atoms. The number of aromatic nitrogens is 3. The first-order valence-corrected chi connectivity index (χ1v) is 15.1. The maximum absolute atomic E-state index is 9.50. The molecule has 0 aliphatic heterocycles. The topological polar surface area (TPSA) is 38.7 Å². The first-order chi connectivity index (χ1) is 29.6. The normalized spacial score (nSPS) is 15.4. The molecule has 48 heavy (non-hydrogen) atoms. The van der Waals surface area contributed by atoms with E-state index in [1.807, 2.05) is 48.5 Å². The highest BCUT2D eigenvalue weighted by molar-refractivity contribution is 6.13. The summed E-state index contributed by atoms with van der Waals surface area (Å²) in [6.45, 7) is 0. The Hall–Kier alpha value is -6.45. The highest BCUT2D eigenvalue weighted by Crippen LogP contribution is 2.36. The Bertz CT molecular complexity index is 3380. The molecular weight excluding hydrogens is 583 g/mol. The molecule has 0 saturated carbocycles. The lowest BCUT2D eigenvalue weighted by Crippen LogP contribution is -2.01. The van der Waals surface area contributed by atoms with Crippen LogP contribution in [0.5, 0.6) is 0 Å². The van der Waals surface area contributed by atoms with Gasteiger partial charge < -0.3 is 0 Å². The first-order valence-electron chi connectivity index (χ1n) is 22.1. The van der Waals surface area contributed by atoms with Crippen LogP contribution in [-0.4, -0.2) is 15.0 Å². The number of rotatable bonds is 5. The summed E-state index contributed by atoms with van der Waals surface area (Å²) in [4.78, 5) is 13.9. The third-order valence-electron chi connectivity index (χ3n) is 8.15. The molecule has 9 aromatic rings. The maximum Gasteiger partial charge on any atom is 0.164 e. The first kappa shape index (κ1) is 16.9. The van der Waals surface area contributed by atoms with Crippen molar-refractivity contribution in [3.8, 4) is 56.4 Å². The average Bonchev–Trinajstić information content (AvgIpc) is 3.29. The zero-order valence-corrected chi connectivity index (χ0v) is 25.0. The van der Waals surface area contributed by atoms with Gasteiger partial charge in [0.05, 0.1) is 19.2 Å². The van der Waals surface area contributed by atoms with Gasteiger partial charge in [-0.2, -0.15) is 0 Å². The molecule has 8 aromatic carbocycles. The van der Waals surface area contributed by atoms with Gasteiger partial charge >= 0.3 is 0 Å². The highest BCUT2D eigenvalue weighted by atomic mass is 15.0. The number of hydrogen-bond acceptors (Lipinski definition) is 3. The van der Waals surface area contributed by atoms with Gasteiger partial charge in [0.15, 0.2) is 17.5 Å². The lowest BCUT2D eigenvalue weighted by Gasteiger charge is -2.13. The van der Waals surface area contributed by atoms with Crippen LogP contribution in [0.4, 0.5) is 0 Å². The van der Waals surface area contributed by atoms with Crippen LogP contribution >= 0.6 is 0 Å². The Morgan fingerprint density at radius 2 is 0.979 bits per heavy atom. The minimum atomic E-state index is -0.692. The Balaban J connectivity index is 1.32. The smallest absolute Gasteiger partial charge is 0.164 e. The molecule has 0 aliphatic rings. The van der Waals surface area contributed by atoms with E-state index < -0.39 is 102 Å². The van der Waals surface area contributed by atoms with Crippen LogP contribution in [0.25, 0.3) is 88.7 Å². The number of benzene rings is 8. The summed E-state index contributed by atoms with van der Waals surface area (Å²) in [6, 6.07) is 20.2. The van der Waals surface area contributed by atoms with Crippen LogP contribution < -0.4 is 0 Å². The number of hydrogen-bond donors (Lipinski definition) is 0. The van der Waals surface area contributed by atoms with Gasteiger partial charge in [0.1, 0.15) is 0 Å². The fraction of sp³-hybridized carbons (Fsp3) is 0. The SMILES string of the molecule is [2H]c1c([2H])c([2H])c(-c2nc(-c3cccc(-c4ccc(-c5cccc6ccccc56)cc4)c3)nc(-c3c([2H])c4c([2H])c([2H])c([2H])c([2H])c4c4c([2H])c([2H])c([2H])c([2H])c34)n2)c([2H])c1[2H]. The largest absolute Gasteiger partial charge is 0.208 e. The van der Waals surface area contributed by atoms with Gasteiger partial charge in [0.2, 0.25) is 0 Å². The monoisotopic (exact) mass is 625 g/mol. The van der Waals surface area contributed by atoms with Crippen molar-refractivity contribution in [2.75, 3.05) is 0 Å².